The second-order valence-corrected chi connectivity index (χ2v) is 5.62. The molecule has 0 saturated heterocycles. The summed E-state index contributed by atoms with van der Waals surface area (Å²) >= 11 is 18.2. The van der Waals surface area contributed by atoms with Crippen LogP contribution < -0.4 is 5.32 Å². The van der Waals surface area contributed by atoms with Crippen LogP contribution in [0.1, 0.15) is 0 Å². The fourth-order valence-electron chi connectivity index (χ4n) is 1.84. The van der Waals surface area contributed by atoms with E-state index in [4.69, 9.17) is 34.8 Å². The zero-order chi connectivity index (χ0) is 15.5. The number of nitrogens with one attached hydrogen (secondary N) is 1. The normalized spacial score (nSPS) is 10.5. The molecule has 0 spiro atoms. The lowest BCUT2D eigenvalue weighted by molar-refractivity contribution is 1.17. The minimum absolute atomic E-state index is 0.322. The van der Waals surface area contributed by atoms with Crippen LogP contribution in [0.4, 0.5) is 11.5 Å². The highest BCUT2D eigenvalue weighted by Crippen LogP contribution is 2.29. The van der Waals surface area contributed by atoms with Gasteiger partial charge in [-0.3, -0.25) is 4.98 Å². The van der Waals surface area contributed by atoms with E-state index in [1.165, 1.54) is 0 Å². The summed E-state index contributed by atoms with van der Waals surface area (Å²) in [5.41, 5.74) is 1.46. The molecule has 110 valence electrons. The van der Waals surface area contributed by atoms with Crippen LogP contribution in [0.15, 0.2) is 48.8 Å². The summed E-state index contributed by atoms with van der Waals surface area (Å²) in [4.78, 5) is 12.6. The molecule has 0 aliphatic heterocycles. The molecule has 0 bridgehead atoms. The summed E-state index contributed by atoms with van der Waals surface area (Å²) in [6, 6.07) is 10.4. The maximum atomic E-state index is 6.14. The standard InChI is InChI=1S/C15H9Cl3N4/c16-10-1-2-11(17)12(7-10)20-14-8-13(18)21-15(22-14)9-3-5-19-6-4-9/h1-8H,(H,20,21,22). The van der Waals surface area contributed by atoms with E-state index in [2.05, 4.69) is 20.3 Å². The van der Waals surface area contributed by atoms with Crippen LogP contribution >= 0.6 is 34.8 Å². The van der Waals surface area contributed by atoms with Gasteiger partial charge in [-0.15, -0.1) is 0 Å². The number of aromatic nitrogens is 3. The smallest absolute Gasteiger partial charge is 0.163 e. The molecule has 1 N–H and O–H groups in total. The molecule has 0 aliphatic carbocycles. The molecule has 4 nitrogen and oxygen atoms in total. The van der Waals surface area contributed by atoms with Crippen LogP contribution in [0.5, 0.6) is 0 Å². The minimum Gasteiger partial charge on any atom is -0.339 e. The first-order valence-corrected chi connectivity index (χ1v) is 7.42. The van der Waals surface area contributed by atoms with Crippen molar-refractivity contribution >= 4 is 46.3 Å². The topological polar surface area (TPSA) is 50.7 Å². The SMILES string of the molecule is Clc1ccc(Cl)c(Nc2cc(Cl)nc(-c3ccncc3)n2)c1. The predicted octanol–water partition coefficient (Wildman–Crippen LogP) is 5.24. The third-order valence-electron chi connectivity index (χ3n) is 2.82. The van der Waals surface area contributed by atoms with Gasteiger partial charge in [-0.1, -0.05) is 34.8 Å². The molecule has 2 heterocycles. The number of hydrogen-bond acceptors (Lipinski definition) is 4. The quantitative estimate of drug-likeness (QED) is 0.655. The lowest BCUT2D eigenvalue weighted by Gasteiger charge is -2.10. The van der Waals surface area contributed by atoms with Gasteiger partial charge in [0.15, 0.2) is 5.82 Å². The summed E-state index contributed by atoms with van der Waals surface area (Å²) in [5.74, 6) is 1.02. The van der Waals surface area contributed by atoms with Crippen molar-refractivity contribution in [3.05, 3.63) is 64.0 Å². The zero-order valence-corrected chi connectivity index (χ0v) is 13.4. The van der Waals surface area contributed by atoms with Crippen LogP contribution in [0.3, 0.4) is 0 Å². The molecule has 0 aliphatic rings. The van der Waals surface area contributed by atoms with Crippen molar-refractivity contribution in [2.45, 2.75) is 0 Å². The van der Waals surface area contributed by atoms with Crippen molar-refractivity contribution < 1.29 is 0 Å². The van der Waals surface area contributed by atoms with Gasteiger partial charge in [-0.2, -0.15) is 0 Å². The minimum atomic E-state index is 0.322. The molecule has 0 atom stereocenters. The number of pyridine rings is 1. The van der Waals surface area contributed by atoms with Crippen molar-refractivity contribution in [1.29, 1.82) is 0 Å². The molecule has 2 aromatic heterocycles. The van der Waals surface area contributed by atoms with Gasteiger partial charge in [0.2, 0.25) is 0 Å². The number of benzene rings is 1. The molecule has 22 heavy (non-hydrogen) atoms. The second-order valence-electron chi connectivity index (χ2n) is 4.38. The van der Waals surface area contributed by atoms with Crippen LogP contribution in [0.2, 0.25) is 15.2 Å². The fourth-order valence-corrected chi connectivity index (χ4v) is 2.36. The summed E-state index contributed by atoms with van der Waals surface area (Å²) < 4.78 is 0. The van der Waals surface area contributed by atoms with Crippen molar-refractivity contribution in [3.8, 4) is 11.4 Å². The molecule has 1 aromatic carbocycles. The highest BCUT2D eigenvalue weighted by Gasteiger charge is 2.08. The average molecular weight is 352 g/mol. The lowest BCUT2D eigenvalue weighted by atomic mass is 10.2. The van der Waals surface area contributed by atoms with E-state index in [-0.39, 0.29) is 0 Å². The van der Waals surface area contributed by atoms with E-state index in [0.29, 0.717) is 32.5 Å². The van der Waals surface area contributed by atoms with E-state index >= 15 is 0 Å². The monoisotopic (exact) mass is 350 g/mol. The van der Waals surface area contributed by atoms with Crippen molar-refractivity contribution in [1.82, 2.24) is 15.0 Å². The molecule has 0 radical (unpaired) electrons. The van der Waals surface area contributed by atoms with Gasteiger partial charge < -0.3 is 5.32 Å². The van der Waals surface area contributed by atoms with E-state index in [1.807, 2.05) is 12.1 Å². The van der Waals surface area contributed by atoms with Crippen LogP contribution in [0.25, 0.3) is 11.4 Å². The Morgan fingerprint density at radius 2 is 1.64 bits per heavy atom. The first-order chi connectivity index (χ1) is 10.6. The highest BCUT2D eigenvalue weighted by molar-refractivity contribution is 6.35. The molecule has 3 rings (SSSR count). The average Bonchev–Trinajstić information content (AvgIpc) is 2.51. The van der Waals surface area contributed by atoms with Crippen molar-refractivity contribution in [2.75, 3.05) is 5.32 Å². The first-order valence-electron chi connectivity index (χ1n) is 6.29. The number of halogens is 3. The van der Waals surface area contributed by atoms with Gasteiger partial charge in [0.05, 0.1) is 10.7 Å². The Morgan fingerprint density at radius 3 is 2.41 bits per heavy atom. The van der Waals surface area contributed by atoms with Crippen molar-refractivity contribution in [3.63, 3.8) is 0 Å². The predicted molar refractivity (Wildman–Crippen MR) is 90.0 cm³/mol. The van der Waals surface area contributed by atoms with E-state index < -0.39 is 0 Å². The largest absolute Gasteiger partial charge is 0.339 e. The highest BCUT2D eigenvalue weighted by atomic mass is 35.5. The summed E-state index contributed by atoms with van der Waals surface area (Å²) in [5, 5.41) is 4.52. The molecule has 0 unspecified atom stereocenters. The molecule has 7 heteroatoms. The number of hydrogen-bond donors (Lipinski definition) is 1. The van der Waals surface area contributed by atoms with Gasteiger partial charge >= 0.3 is 0 Å². The lowest BCUT2D eigenvalue weighted by Crippen LogP contribution is -1.98. The Kier molecular flexibility index (Phi) is 4.43. The van der Waals surface area contributed by atoms with E-state index in [9.17, 15) is 0 Å². The summed E-state index contributed by atoms with van der Waals surface area (Å²) in [6.45, 7) is 0. The Morgan fingerprint density at radius 1 is 0.864 bits per heavy atom. The third kappa shape index (κ3) is 3.47. The van der Waals surface area contributed by atoms with Crippen LogP contribution in [-0.4, -0.2) is 15.0 Å². The number of rotatable bonds is 3. The molecule has 3 aromatic rings. The molecule has 0 fully saturated rings. The van der Waals surface area contributed by atoms with Gasteiger partial charge in [0.1, 0.15) is 11.0 Å². The Bertz CT molecular complexity index is 809. The molecular formula is C15H9Cl3N4. The first kappa shape index (κ1) is 15.0. The summed E-state index contributed by atoms with van der Waals surface area (Å²) in [6.07, 6.45) is 3.33. The van der Waals surface area contributed by atoms with Crippen LogP contribution in [-0.2, 0) is 0 Å². The van der Waals surface area contributed by atoms with Gasteiger partial charge in [-0.25, -0.2) is 9.97 Å². The Labute approximate surface area is 142 Å². The van der Waals surface area contributed by atoms with Gasteiger partial charge in [0, 0.05) is 29.0 Å². The zero-order valence-electron chi connectivity index (χ0n) is 11.1. The molecule has 0 amide bonds. The van der Waals surface area contributed by atoms with Gasteiger partial charge in [0.25, 0.3) is 0 Å². The van der Waals surface area contributed by atoms with E-state index in [0.717, 1.165) is 5.56 Å². The van der Waals surface area contributed by atoms with Gasteiger partial charge in [-0.05, 0) is 30.3 Å². The third-order valence-corrected chi connectivity index (χ3v) is 3.58. The Balaban J connectivity index is 1.98. The Hall–Kier alpha value is -1.88. The fraction of sp³-hybridized carbons (Fsp3) is 0. The molecule has 0 saturated carbocycles. The van der Waals surface area contributed by atoms with Crippen LogP contribution in [0, 0.1) is 0 Å². The summed E-state index contributed by atoms with van der Waals surface area (Å²) in [7, 11) is 0. The maximum absolute atomic E-state index is 6.14. The second kappa shape index (κ2) is 6.48. The maximum Gasteiger partial charge on any atom is 0.163 e. The van der Waals surface area contributed by atoms with E-state index in [1.54, 1.807) is 36.7 Å². The van der Waals surface area contributed by atoms with Crippen molar-refractivity contribution in [2.24, 2.45) is 0 Å². The number of nitrogens with zero attached hydrogens (tertiary/aromatic N) is 3. The molecular weight excluding hydrogens is 343 g/mol. The number of anilines is 2.